The lowest BCUT2D eigenvalue weighted by Gasteiger charge is -2.03. The van der Waals surface area contributed by atoms with E-state index in [1.54, 1.807) is 12.1 Å². The highest BCUT2D eigenvalue weighted by atomic mass is 35.5. The largest absolute Gasteiger partial charge is 0.478 e. The molecular weight excluding hydrogens is 225 g/mol. The number of carboxylic acid groups (broad SMARTS) is 1. The van der Waals surface area contributed by atoms with Crippen molar-refractivity contribution in [1.29, 1.82) is 0 Å². The van der Waals surface area contributed by atoms with E-state index >= 15 is 0 Å². The Morgan fingerprint density at radius 1 is 1.50 bits per heavy atom. The number of carbonyl (C=O) groups is 1. The summed E-state index contributed by atoms with van der Waals surface area (Å²) in [4.78, 5) is 14.3. The minimum Gasteiger partial charge on any atom is -0.478 e. The molecule has 1 N–H and O–H groups in total. The molecule has 1 heterocycles. The van der Waals surface area contributed by atoms with Gasteiger partial charge in [0.1, 0.15) is 10.3 Å². The zero-order valence-corrected chi connectivity index (χ0v) is 8.64. The molecule has 0 aliphatic rings. The molecule has 0 spiro atoms. The number of hydrogen-bond acceptors (Lipinski definition) is 2. The lowest BCUT2D eigenvalue weighted by molar-refractivity contribution is -0.132. The first kappa shape index (κ1) is 11.0. The second-order valence-electron chi connectivity index (χ2n) is 2.67. The molecule has 0 aliphatic carbocycles. The molecular formula is C9H7Cl2NO2. The molecule has 0 aliphatic heterocycles. The first-order chi connectivity index (χ1) is 6.50. The van der Waals surface area contributed by atoms with Gasteiger partial charge in [-0.3, -0.25) is 0 Å². The molecule has 0 bridgehead atoms. The Kier molecular flexibility index (Phi) is 3.49. The second-order valence-corrected chi connectivity index (χ2v) is 3.41. The second kappa shape index (κ2) is 4.44. The van der Waals surface area contributed by atoms with Gasteiger partial charge in [-0.15, -0.1) is 0 Å². The average molecular weight is 232 g/mol. The summed E-state index contributed by atoms with van der Waals surface area (Å²) in [5.74, 6) is -1.05. The van der Waals surface area contributed by atoms with Gasteiger partial charge in [-0.25, -0.2) is 9.78 Å². The molecule has 14 heavy (non-hydrogen) atoms. The zero-order valence-electron chi connectivity index (χ0n) is 7.13. The molecule has 1 aromatic heterocycles. The fourth-order valence-corrected chi connectivity index (χ4v) is 1.29. The maximum atomic E-state index is 10.5. The van der Waals surface area contributed by atoms with Crippen molar-refractivity contribution in [3.05, 3.63) is 40.2 Å². The third-order valence-corrected chi connectivity index (χ3v) is 2.14. The smallest absolute Gasteiger partial charge is 0.331 e. The number of pyridine rings is 1. The monoisotopic (exact) mass is 231 g/mol. The molecule has 0 saturated heterocycles. The molecule has 1 rings (SSSR count). The SMILES string of the molecule is C=C(Cc1ccc(Cl)nc1Cl)C(=O)O. The van der Waals surface area contributed by atoms with Crippen LogP contribution < -0.4 is 0 Å². The average Bonchev–Trinajstić information content (AvgIpc) is 2.09. The summed E-state index contributed by atoms with van der Waals surface area (Å²) >= 11 is 11.3. The molecule has 0 unspecified atom stereocenters. The van der Waals surface area contributed by atoms with E-state index in [9.17, 15) is 4.79 Å². The predicted octanol–water partition coefficient (Wildman–Crippen LogP) is 2.57. The summed E-state index contributed by atoms with van der Waals surface area (Å²) in [6.07, 6.45) is 0.165. The standard InChI is InChI=1S/C9H7Cl2NO2/c1-5(9(13)14)4-6-2-3-7(10)12-8(6)11/h2-3H,1,4H2,(H,13,14). The Balaban J connectivity index is 2.87. The fourth-order valence-electron chi connectivity index (χ4n) is 0.878. The minimum atomic E-state index is -1.05. The summed E-state index contributed by atoms with van der Waals surface area (Å²) in [6, 6.07) is 3.18. The van der Waals surface area contributed by atoms with Crippen LogP contribution in [0, 0.1) is 0 Å². The third kappa shape index (κ3) is 2.72. The van der Waals surface area contributed by atoms with Crippen LogP contribution in [0.3, 0.4) is 0 Å². The van der Waals surface area contributed by atoms with E-state index in [0.29, 0.717) is 5.56 Å². The van der Waals surface area contributed by atoms with Crippen molar-refractivity contribution in [2.24, 2.45) is 0 Å². The highest BCUT2D eigenvalue weighted by Crippen LogP contribution is 2.19. The Morgan fingerprint density at radius 3 is 2.64 bits per heavy atom. The molecule has 0 aromatic carbocycles. The van der Waals surface area contributed by atoms with Crippen molar-refractivity contribution < 1.29 is 9.90 Å². The van der Waals surface area contributed by atoms with Crippen LogP contribution in [-0.4, -0.2) is 16.1 Å². The van der Waals surface area contributed by atoms with E-state index in [-0.39, 0.29) is 22.3 Å². The van der Waals surface area contributed by atoms with Gasteiger partial charge in [0.15, 0.2) is 0 Å². The van der Waals surface area contributed by atoms with Gasteiger partial charge in [0.25, 0.3) is 0 Å². The maximum Gasteiger partial charge on any atom is 0.331 e. The van der Waals surface area contributed by atoms with Crippen molar-refractivity contribution >= 4 is 29.2 Å². The lowest BCUT2D eigenvalue weighted by Crippen LogP contribution is -2.03. The topological polar surface area (TPSA) is 50.2 Å². The van der Waals surface area contributed by atoms with Crippen LogP contribution in [0.4, 0.5) is 0 Å². The van der Waals surface area contributed by atoms with Gasteiger partial charge in [-0.1, -0.05) is 35.8 Å². The van der Waals surface area contributed by atoms with Gasteiger partial charge in [0, 0.05) is 12.0 Å². The Hall–Kier alpha value is -1.06. The van der Waals surface area contributed by atoms with Crippen LogP contribution in [-0.2, 0) is 11.2 Å². The number of aromatic nitrogens is 1. The fraction of sp³-hybridized carbons (Fsp3) is 0.111. The molecule has 74 valence electrons. The van der Waals surface area contributed by atoms with Gasteiger partial charge in [-0.2, -0.15) is 0 Å². The van der Waals surface area contributed by atoms with Crippen LogP contribution in [0.1, 0.15) is 5.56 Å². The molecule has 1 aromatic rings. The molecule has 3 nitrogen and oxygen atoms in total. The lowest BCUT2D eigenvalue weighted by atomic mass is 10.1. The molecule has 0 amide bonds. The Bertz CT molecular complexity index is 390. The Labute approximate surface area is 91.0 Å². The summed E-state index contributed by atoms with van der Waals surface area (Å²) in [5, 5.41) is 9.09. The van der Waals surface area contributed by atoms with Crippen LogP contribution in [0.25, 0.3) is 0 Å². The number of hydrogen-bond donors (Lipinski definition) is 1. The van der Waals surface area contributed by atoms with E-state index in [1.165, 1.54) is 0 Å². The number of carboxylic acids is 1. The van der Waals surface area contributed by atoms with Gasteiger partial charge in [0.05, 0.1) is 0 Å². The van der Waals surface area contributed by atoms with Crippen molar-refractivity contribution in [2.75, 3.05) is 0 Å². The van der Waals surface area contributed by atoms with Gasteiger partial charge in [-0.05, 0) is 11.6 Å². The van der Waals surface area contributed by atoms with Crippen molar-refractivity contribution in [3.63, 3.8) is 0 Å². The summed E-state index contributed by atoms with van der Waals surface area (Å²) in [5.41, 5.74) is 0.666. The highest BCUT2D eigenvalue weighted by Gasteiger charge is 2.09. The summed E-state index contributed by atoms with van der Waals surface area (Å²) in [6.45, 7) is 3.39. The van der Waals surface area contributed by atoms with Crippen LogP contribution in [0.2, 0.25) is 10.3 Å². The number of halogens is 2. The van der Waals surface area contributed by atoms with E-state index in [2.05, 4.69) is 11.6 Å². The van der Waals surface area contributed by atoms with E-state index < -0.39 is 5.97 Å². The van der Waals surface area contributed by atoms with Crippen molar-refractivity contribution in [3.8, 4) is 0 Å². The van der Waals surface area contributed by atoms with Crippen molar-refractivity contribution in [2.45, 2.75) is 6.42 Å². The molecule has 0 atom stereocenters. The number of nitrogens with zero attached hydrogens (tertiary/aromatic N) is 1. The minimum absolute atomic E-state index is 0.0658. The highest BCUT2D eigenvalue weighted by molar-refractivity contribution is 6.32. The molecule has 5 heteroatoms. The van der Waals surface area contributed by atoms with E-state index in [1.807, 2.05) is 0 Å². The summed E-state index contributed by atoms with van der Waals surface area (Å²) in [7, 11) is 0. The maximum absolute atomic E-state index is 10.5. The quantitative estimate of drug-likeness (QED) is 0.643. The van der Waals surface area contributed by atoms with Crippen LogP contribution >= 0.6 is 23.2 Å². The van der Waals surface area contributed by atoms with E-state index in [0.717, 1.165) is 0 Å². The predicted molar refractivity (Wildman–Crippen MR) is 54.7 cm³/mol. The number of aliphatic carboxylic acids is 1. The van der Waals surface area contributed by atoms with Gasteiger partial charge in [0.2, 0.25) is 0 Å². The third-order valence-electron chi connectivity index (χ3n) is 1.60. The van der Waals surface area contributed by atoms with Gasteiger partial charge >= 0.3 is 5.97 Å². The Morgan fingerprint density at radius 2 is 2.14 bits per heavy atom. The molecule has 0 fully saturated rings. The van der Waals surface area contributed by atoms with Crippen LogP contribution in [0.5, 0.6) is 0 Å². The summed E-state index contributed by atoms with van der Waals surface area (Å²) < 4.78 is 0. The first-order valence-corrected chi connectivity index (χ1v) is 4.48. The molecule has 0 saturated carbocycles. The van der Waals surface area contributed by atoms with Crippen molar-refractivity contribution in [1.82, 2.24) is 4.98 Å². The first-order valence-electron chi connectivity index (χ1n) is 3.72. The van der Waals surface area contributed by atoms with Crippen LogP contribution in [0.15, 0.2) is 24.3 Å². The van der Waals surface area contributed by atoms with E-state index in [4.69, 9.17) is 28.3 Å². The normalized spacial score (nSPS) is 9.86. The zero-order chi connectivity index (χ0) is 10.7. The molecule has 0 radical (unpaired) electrons. The number of rotatable bonds is 3. The van der Waals surface area contributed by atoms with Gasteiger partial charge < -0.3 is 5.11 Å².